The predicted molar refractivity (Wildman–Crippen MR) is 91.1 cm³/mol. The summed E-state index contributed by atoms with van der Waals surface area (Å²) in [7, 11) is 4.03. The number of carbonyl (C=O) groups excluding carboxylic acids is 1. The van der Waals surface area contributed by atoms with Gasteiger partial charge in [0.25, 0.3) is 0 Å². The Labute approximate surface area is 144 Å². The van der Waals surface area contributed by atoms with Crippen LogP contribution >= 0.6 is 0 Å². The van der Waals surface area contributed by atoms with Gasteiger partial charge in [-0.25, -0.2) is 4.98 Å². The minimum absolute atomic E-state index is 0.204. The summed E-state index contributed by atoms with van der Waals surface area (Å²) in [4.78, 5) is 18.6. The van der Waals surface area contributed by atoms with E-state index in [9.17, 15) is 4.79 Å². The maximum atomic E-state index is 10.4. The summed E-state index contributed by atoms with van der Waals surface area (Å²) in [5.41, 5.74) is 0. The zero-order valence-electron chi connectivity index (χ0n) is 14.7. The number of aromatic nitrogens is 3. The molecule has 0 aromatic carbocycles. The molecule has 1 saturated heterocycles. The van der Waals surface area contributed by atoms with Crippen molar-refractivity contribution >= 4 is 6.29 Å². The summed E-state index contributed by atoms with van der Waals surface area (Å²) in [6.07, 6.45) is 10.1. The number of likely N-dealkylation sites (tertiary alicyclic amines) is 1. The molecule has 1 saturated carbocycles. The normalized spacial score (nSPS) is 26.8. The highest BCUT2D eigenvalue weighted by molar-refractivity contribution is 5.51. The smallest absolute Gasteiger partial charge is 0.137 e. The Morgan fingerprint density at radius 2 is 2.25 bits per heavy atom. The van der Waals surface area contributed by atoms with E-state index in [2.05, 4.69) is 26.0 Å². The standard InChI is InChI=1S/C11H18N4O.C6H10N2/c1-14(4-5-16)11-3-2-10(6-11)7-15-9-12-8-13-15;1-8-4-2-3-6(8)5-7/h5,8-11H,2-4,6-7H2,1H3;6H,2-4H2,1H3. The Bertz CT molecular complexity index is 526. The van der Waals surface area contributed by atoms with Gasteiger partial charge < -0.3 is 4.79 Å². The van der Waals surface area contributed by atoms with E-state index < -0.39 is 0 Å². The van der Waals surface area contributed by atoms with Crippen LogP contribution < -0.4 is 0 Å². The Kier molecular flexibility index (Phi) is 7.35. The van der Waals surface area contributed by atoms with Crippen molar-refractivity contribution in [2.45, 2.75) is 50.7 Å². The SMILES string of the molecule is CN(CC=O)C1CCC(Cn2cncn2)C1.CN1CCCC1C#N. The molecule has 1 aliphatic heterocycles. The molecule has 3 unspecified atom stereocenters. The first-order chi connectivity index (χ1) is 11.6. The average Bonchev–Trinajstić information content (AvgIpc) is 3.31. The van der Waals surface area contributed by atoms with Crippen LogP contribution in [-0.2, 0) is 11.3 Å². The molecule has 1 aromatic rings. The molecular formula is C17H28N6O. The van der Waals surface area contributed by atoms with Crippen LogP contribution in [0.25, 0.3) is 0 Å². The minimum atomic E-state index is 0.204. The summed E-state index contributed by atoms with van der Waals surface area (Å²) < 4.78 is 1.90. The number of carbonyl (C=O) groups is 1. The van der Waals surface area contributed by atoms with Gasteiger partial charge in [-0.3, -0.25) is 14.5 Å². The van der Waals surface area contributed by atoms with E-state index in [0.29, 0.717) is 18.5 Å². The van der Waals surface area contributed by atoms with Crippen molar-refractivity contribution in [1.82, 2.24) is 24.6 Å². The molecule has 132 valence electrons. The van der Waals surface area contributed by atoms with Crippen molar-refractivity contribution in [1.29, 1.82) is 5.26 Å². The largest absolute Gasteiger partial charge is 0.302 e. The molecule has 7 nitrogen and oxygen atoms in total. The quantitative estimate of drug-likeness (QED) is 0.754. The van der Waals surface area contributed by atoms with Crippen molar-refractivity contribution in [3.05, 3.63) is 12.7 Å². The van der Waals surface area contributed by atoms with E-state index >= 15 is 0 Å². The molecule has 1 aromatic heterocycles. The molecule has 2 fully saturated rings. The van der Waals surface area contributed by atoms with Gasteiger partial charge in [0.1, 0.15) is 18.9 Å². The molecule has 3 rings (SSSR count). The summed E-state index contributed by atoms with van der Waals surface area (Å²) in [5.74, 6) is 0.667. The summed E-state index contributed by atoms with van der Waals surface area (Å²) in [6.45, 7) is 2.59. The van der Waals surface area contributed by atoms with E-state index in [1.54, 1.807) is 12.7 Å². The number of aldehydes is 1. The number of hydrogen-bond donors (Lipinski definition) is 0. The van der Waals surface area contributed by atoms with Crippen molar-refractivity contribution < 1.29 is 4.79 Å². The van der Waals surface area contributed by atoms with Crippen LogP contribution in [0.5, 0.6) is 0 Å². The predicted octanol–water partition coefficient (Wildman–Crippen LogP) is 1.18. The fourth-order valence-corrected chi connectivity index (χ4v) is 3.55. The first kappa shape index (κ1) is 18.6. The lowest BCUT2D eigenvalue weighted by Gasteiger charge is -2.21. The van der Waals surface area contributed by atoms with Gasteiger partial charge >= 0.3 is 0 Å². The van der Waals surface area contributed by atoms with E-state index in [4.69, 9.17) is 5.26 Å². The molecule has 2 aliphatic rings. The molecule has 0 bridgehead atoms. The summed E-state index contributed by atoms with van der Waals surface area (Å²) in [6, 6.07) is 3.00. The fraction of sp³-hybridized carbons (Fsp3) is 0.765. The maximum Gasteiger partial charge on any atom is 0.137 e. The van der Waals surface area contributed by atoms with Gasteiger partial charge in [-0.05, 0) is 58.7 Å². The Hall–Kier alpha value is -1.78. The Balaban J connectivity index is 0.000000219. The Morgan fingerprint density at radius 1 is 1.42 bits per heavy atom. The molecule has 3 atom stereocenters. The maximum absolute atomic E-state index is 10.4. The van der Waals surface area contributed by atoms with Gasteiger partial charge in [-0.15, -0.1) is 0 Å². The van der Waals surface area contributed by atoms with Crippen molar-refractivity contribution in [2.75, 3.05) is 27.2 Å². The lowest BCUT2D eigenvalue weighted by atomic mass is 10.1. The number of nitriles is 1. The van der Waals surface area contributed by atoms with Gasteiger partial charge in [0.15, 0.2) is 0 Å². The number of nitrogens with zero attached hydrogens (tertiary/aromatic N) is 6. The molecule has 0 spiro atoms. The van der Waals surface area contributed by atoms with Crippen LogP contribution in [0, 0.1) is 17.2 Å². The van der Waals surface area contributed by atoms with E-state index in [1.165, 1.54) is 19.3 Å². The minimum Gasteiger partial charge on any atom is -0.302 e. The molecule has 2 heterocycles. The van der Waals surface area contributed by atoms with Crippen molar-refractivity contribution in [3.8, 4) is 6.07 Å². The van der Waals surface area contributed by atoms with Gasteiger partial charge in [-0.1, -0.05) is 0 Å². The highest BCUT2D eigenvalue weighted by Gasteiger charge is 2.27. The van der Waals surface area contributed by atoms with Crippen LogP contribution in [0.15, 0.2) is 12.7 Å². The van der Waals surface area contributed by atoms with Gasteiger partial charge in [-0.2, -0.15) is 10.4 Å². The van der Waals surface area contributed by atoms with Crippen LogP contribution in [0.2, 0.25) is 0 Å². The second-order valence-corrected chi connectivity index (χ2v) is 6.82. The number of likely N-dealkylation sites (N-methyl/N-ethyl adjacent to an activating group) is 1. The van der Waals surface area contributed by atoms with E-state index in [1.807, 2.05) is 18.8 Å². The van der Waals surface area contributed by atoms with Gasteiger partial charge in [0, 0.05) is 12.6 Å². The highest BCUT2D eigenvalue weighted by atomic mass is 16.1. The number of rotatable bonds is 5. The number of hydrogen-bond acceptors (Lipinski definition) is 6. The summed E-state index contributed by atoms with van der Waals surface area (Å²) in [5, 5.41) is 12.6. The van der Waals surface area contributed by atoms with Gasteiger partial charge in [0.2, 0.25) is 0 Å². The van der Waals surface area contributed by atoms with E-state index in [-0.39, 0.29) is 6.04 Å². The first-order valence-corrected chi connectivity index (χ1v) is 8.70. The van der Waals surface area contributed by atoms with E-state index in [0.717, 1.165) is 32.2 Å². The monoisotopic (exact) mass is 332 g/mol. The highest BCUT2D eigenvalue weighted by Crippen LogP contribution is 2.29. The van der Waals surface area contributed by atoms with Crippen molar-refractivity contribution in [3.63, 3.8) is 0 Å². The van der Waals surface area contributed by atoms with Crippen molar-refractivity contribution in [2.24, 2.45) is 5.92 Å². The molecule has 1 aliphatic carbocycles. The third-order valence-corrected chi connectivity index (χ3v) is 5.08. The lowest BCUT2D eigenvalue weighted by molar-refractivity contribution is -0.109. The van der Waals surface area contributed by atoms with Gasteiger partial charge in [0.05, 0.1) is 18.7 Å². The first-order valence-electron chi connectivity index (χ1n) is 8.70. The van der Waals surface area contributed by atoms with Crippen LogP contribution in [-0.4, -0.2) is 70.1 Å². The zero-order chi connectivity index (χ0) is 17.4. The zero-order valence-corrected chi connectivity index (χ0v) is 14.7. The molecule has 0 N–H and O–H groups in total. The molecule has 24 heavy (non-hydrogen) atoms. The third kappa shape index (κ3) is 5.39. The topological polar surface area (TPSA) is 78.1 Å². The fourth-order valence-electron chi connectivity index (χ4n) is 3.55. The van der Waals surface area contributed by atoms with Crippen LogP contribution in [0.1, 0.15) is 32.1 Å². The lowest BCUT2D eigenvalue weighted by Crippen LogP contribution is -2.31. The second-order valence-electron chi connectivity index (χ2n) is 6.82. The summed E-state index contributed by atoms with van der Waals surface area (Å²) >= 11 is 0. The molecule has 0 radical (unpaired) electrons. The average molecular weight is 332 g/mol. The molecular weight excluding hydrogens is 304 g/mol. The second kappa shape index (κ2) is 9.50. The van der Waals surface area contributed by atoms with Crippen LogP contribution in [0.3, 0.4) is 0 Å². The third-order valence-electron chi connectivity index (χ3n) is 5.08. The molecule has 0 amide bonds. The van der Waals surface area contributed by atoms with Crippen LogP contribution in [0.4, 0.5) is 0 Å². The molecule has 7 heteroatoms. The Morgan fingerprint density at radius 3 is 2.79 bits per heavy atom.